The van der Waals surface area contributed by atoms with Crippen LogP contribution in [0.3, 0.4) is 0 Å². The summed E-state index contributed by atoms with van der Waals surface area (Å²) in [4.78, 5) is 23.0. The van der Waals surface area contributed by atoms with Crippen molar-refractivity contribution in [2.45, 2.75) is 46.3 Å². The number of ether oxygens (including phenoxy) is 1. The van der Waals surface area contributed by atoms with Crippen molar-refractivity contribution in [3.8, 4) is 0 Å². The van der Waals surface area contributed by atoms with Gasteiger partial charge < -0.3 is 21.1 Å². The molecule has 0 aliphatic rings. The molecule has 0 spiro atoms. The van der Waals surface area contributed by atoms with E-state index in [4.69, 9.17) is 10.5 Å². The van der Waals surface area contributed by atoms with Crippen LogP contribution in [0.5, 0.6) is 0 Å². The molecular weight excluding hydrogens is 246 g/mol. The van der Waals surface area contributed by atoms with Gasteiger partial charge in [-0.3, -0.25) is 4.79 Å². The maximum Gasteiger partial charge on any atom is 0.407 e. The fraction of sp³-hybridized carbons (Fsp3) is 0.846. The molecule has 0 aromatic rings. The van der Waals surface area contributed by atoms with Crippen molar-refractivity contribution in [3.63, 3.8) is 0 Å². The van der Waals surface area contributed by atoms with Gasteiger partial charge in [-0.1, -0.05) is 13.8 Å². The van der Waals surface area contributed by atoms with Crippen LogP contribution < -0.4 is 16.4 Å². The summed E-state index contributed by atoms with van der Waals surface area (Å²) in [5, 5.41) is 5.57. The second kappa shape index (κ2) is 7.33. The number of hydrogen-bond acceptors (Lipinski definition) is 4. The molecule has 0 bridgehead atoms. The summed E-state index contributed by atoms with van der Waals surface area (Å²) in [5.41, 5.74) is 4.81. The van der Waals surface area contributed by atoms with Crippen LogP contribution in [0.25, 0.3) is 0 Å². The number of alkyl carbamates (subject to hydrolysis) is 1. The lowest BCUT2D eigenvalue weighted by atomic mass is 9.88. The van der Waals surface area contributed by atoms with E-state index in [1.54, 1.807) is 27.8 Å². The quantitative estimate of drug-likeness (QED) is 0.669. The van der Waals surface area contributed by atoms with Gasteiger partial charge in [-0.2, -0.15) is 0 Å². The van der Waals surface area contributed by atoms with Gasteiger partial charge in [-0.15, -0.1) is 0 Å². The Bertz CT molecular complexity index is 311. The van der Waals surface area contributed by atoms with E-state index >= 15 is 0 Å². The summed E-state index contributed by atoms with van der Waals surface area (Å²) in [5.74, 6) is -0.318. The molecule has 6 nitrogen and oxygen atoms in total. The summed E-state index contributed by atoms with van der Waals surface area (Å²) in [6.45, 7) is 9.69. The Hall–Kier alpha value is -1.30. The molecule has 0 aromatic carbocycles. The molecule has 2 unspecified atom stereocenters. The van der Waals surface area contributed by atoms with E-state index in [2.05, 4.69) is 10.6 Å². The molecule has 0 fully saturated rings. The molecular formula is C13H27N3O3. The Balaban J connectivity index is 4.53. The molecule has 19 heavy (non-hydrogen) atoms. The first kappa shape index (κ1) is 17.7. The molecule has 4 N–H and O–H groups in total. The van der Waals surface area contributed by atoms with E-state index in [9.17, 15) is 9.59 Å². The van der Waals surface area contributed by atoms with Gasteiger partial charge in [-0.05, 0) is 33.7 Å². The Morgan fingerprint density at radius 3 is 2.11 bits per heavy atom. The van der Waals surface area contributed by atoms with Gasteiger partial charge in [0.1, 0.15) is 5.60 Å². The fourth-order valence-corrected chi connectivity index (χ4v) is 1.82. The lowest BCUT2D eigenvalue weighted by molar-refractivity contribution is -0.121. The number of amides is 2. The largest absolute Gasteiger partial charge is 0.444 e. The van der Waals surface area contributed by atoms with Gasteiger partial charge in [0.25, 0.3) is 0 Å². The topological polar surface area (TPSA) is 93.5 Å². The van der Waals surface area contributed by atoms with Crippen LogP contribution >= 0.6 is 0 Å². The van der Waals surface area contributed by atoms with Crippen molar-refractivity contribution < 1.29 is 14.3 Å². The summed E-state index contributed by atoms with van der Waals surface area (Å²) in [7, 11) is 1.68. The first-order valence-corrected chi connectivity index (χ1v) is 6.52. The molecule has 2 amide bonds. The number of nitrogens with one attached hydrogen (secondary N) is 2. The van der Waals surface area contributed by atoms with Gasteiger partial charge in [0, 0.05) is 12.5 Å². The molecule has 0 aliphatic carbocycles. The fourth-order valence-electron chi connectivity index (χ4n) is 1.82. The van der Waals surface area contributed by atoms with E-state index in [1.807, 2.05) is 13.8 Å². The molecule has 0 radical (unpaired) electrons. The number of hydrogen-bond donors (Lipinski definition) is 3. The monoisotopic (exact) mass is 273 g/mol. The number of rotatable bonds is 6. The van der Waals surface area contributed by atoms with Crippen molar-refractivity contribution >= 4 is 12.0 Å². The van der Waals surface area contributed by atoms with Crippen LogP contribution in [-0.4, -0.2) is 37.2 Å². The molecule has 0 heterocycles. The predicted octanol–water partition coefficient (Wildman–Crippen LogP) is 0.857. The number of carbonyl (C=O) groups excluding carboxylic acids is 2. The highest BCUT2D eigenvalue weighted by atomic mass is 16.6. The van der Waals surface area contributed by atoms with Gasteiger partial charge >= 0.3 is 6.09 Å². The van der Waals surface area contributed by atoms with Gasteiger partial charge in [0.15, 0.2) is 0 Å². The van der Waals surface area contributed by atoms with Crippen LogP contribution in [0.4, 0.5) is 4.79 Å². The maximum atomic E-state index is 11.6. The summed E-state index contributed by atoms with van der Waals surface area (Å²) < 4.78 is 5.16. The number of primary amides is 1. The zero-order valence-electron chi connectivity index (χ0n) is 12.7. The third kappa shape index (κ3) is 7.00. The van der Waals surface area contributed by atoms with Crippen molar-refractivity contribution in [3.05, 3.63) is 0 Å². The zero-order chi connectivity index (χ0) is 15.2. The van der Waals surface area contributed by atoms with Crippen molar-refractivity contribution in [2.75, 3.05) is 13.6 Å². The minimum Gasteiger partial charge on any atom is -0.444 e. The summed E-state index contributed by atoms with van der Waals surface area (Å²) in [6, 6.07) is -0.477. The number of likely N-dealkylation sites (N-methyl/N-ethyl adjacent to an activating group) is 1. The third-order valence-electron chi connectivity index (χ3n) is 2.78. The first-order valence-electron chi connectivity index (χ1n) is 6.52. The van der Waals surface area contributed by atoms with E-state index in [0.717, 1.165) is 0 Å². The lowest BCUT2D eigenvalue weighted by Gasteiger charge is -2.28. The summed E-state index contributed by atoms with van der Waals surface area (Å²) in [6.07, 6.45) is -0.488. The Labute approximate surface area is 115 Å². The van der Waals surface area contributed by atoms with E-state index in [1.165, 1.54) is 0 Å². The smallest absolute Gasteiger partial charge is 0.407 e. The average molecular weight is 273 g/mol. The summed E-state index contributed by atoms with van der Waals surface area (Å²) >= 11 is 0. The van der Waals surface area contributed by atoms with Gasteiger partial charge in [0.05, 0.1) is 6.04 Å². The van der Waals surface area contributed by atoms with Gasteiger partial charge in [-0.25, -0.2) is 4.79 Å². The molecule has 6 heteroatoms. The van der Waals surface area contributed by atoms with Crippen molar-refractivity contribution in [1.82, 2.24) is 10.6 Å². The van der Waals surface area contributed by atoms with Crippen LogP contribution in [0, 0.1) is 11.8 Å². The molecule has 0 saturated heterocycles. The number of nitrogens with two attached hydrogens (primary N) is 1. The highest BCUT2D eigenvalue weighted by Gasteiger charge is 2.28. The van der Waals surface area contributed by atoms with Crippen LogP contribution in [0.15, 0.2) is 0 Å². The molecule has 0 rings (SSSR count). The van der Waals surface area contributed by atoms with E-state index in [-0.39, 0.29) is 11.8 Å². The van der Waals surface area contributed by atoms with Crippen LogP contribution in [0.1, 0.15) is 34.6 Å². The Morgan fingerprint density at radius 2 is 1.79 bits per heavy atom. The molecule has 0 aliphatic heterocycles. The normalized spacial score (nSPS) is 14.9. The Kier molecular flexibility index (Phi) is 6.83. The number of carbonyl (C=O) groups is 2. The zero-order valence-corrected chi connectivity index (χ0v) is 12.7. The third-order valence-corrected chi connectivity index (χ3v) is 2.78. The molecule has 2 atom stereocenters. The van der Waals surface area contributed by atoms with Crippen molar-refractivity contribution in [1.29, 1.82) is 0 Å². The van der Waals surface area contributed by atoms with Crippen LogP contribution in [-0.2, 0) is 9.53 Å². The maximum absolute atomic E-state index is 11.6. The van der Waals surface area contributed by atoms with Crippen molar-refractivity contribution in [2.24, 2.45) is 17.6 Å². The van der Waals surface area contributed by atoms with Gasteiger partial charge in [0.2, 0.25) is 5.91 Å². The molecule has 112 valence electrons. The first-order chi connectivity index (χ1) is 8.58. The Morgan fingerprint density at radius 1 is 1.26 bits per heavy atom. The second-order valence-corrected chi connectivity index (χ2v) is 5.96. The highest BCUT2D eigenvalue weighted by Crippen LogP contribution is 2.15. The van der Waals surface area contributed by atoms with Crippen LogP contribution in [0.2, 0.25) is 0 Å². The van der Waals surface area contributed by atoms with E-state index in [0.29, 0.717) is 6.54 Å². The highest BCUT2D eigenvalue weighted by molar-refractivity contribution is 5.80. The molecule has 0 aromatic heterocycles. The SMILES string of the molecule is CNC(C(N)=O)C(CNC(=O)OC(C)(C)C)C(C)C. The lowest BCUT2D eigenvalue weighted by Crippen LogP contribution is -2.50. The standard InChI is InChI=1S/C13H27N3O3/c1-8(2)9(10(15-6)11(14)17)7-16-12(18)19-13(3,4)5/h8-10,15H,7H2,1-6H3,(H2,14,17)(H,16,18). The second-order valence-electron chi connectivity index (χ2n) is 5.96. The minimum atomic E-state index is -0.538. The predicted molar refractivity (Wildman–Crippen MR) is 74.6 cm³/mol. The average Bonchev–Trinajstić information content (AvgIpc) is 2.20. The molecule has 0 saturated carbocycles. The van der Waals surface area contributed by atoms with E-state index < -0.39 is 23.6 Å². The minimum absolute atomic E-state index is 0.0879.